The van der Waals surface area contributed by atoms with Gasteiger partial charge in [-0.15, -0.1) is 26.3 Å². The maximum atomic E-state index is 13.0. The van der Waals surface area contributed by atoms with Gasteiger partial charge in [-0.2, -0.15) is 0 Å². The summed E-state index contributed by atoms with van der Waals surface area (Å²) in [5, 5.41) is 13.0. The number of aromatic nitrogens is 8. The van der Waals surface area contributed by atoms with Gasteiger partial charge in [-0.05, 0) is 53.1 Å². The highest BCUT2D eigenvalue weighted by atomic mass is 79.9. The third kappa shape index (κ3) is 6.74. The lowest BCUT2D eigenvalue weighted by molar-refractivity contribution is -0.275. The minimum absolute atomic E-state index is 0.203. The highest BCUT2D eigenvalue weighted by Gasteiger charge is 2.33. The molecule has 0 saturated carbocycles. The molecule has 0 saturated heterocycles. The Morgan fingerprint density at radius 2 is 1.25 bits per heavy atom. The van der Waals surface area contributed by atoms with Crippen molar-refractivity contribution >= 4 is 38.0 Å². The smallest absolute Gasteiger partial charge is 0.406 e. The molecule has 1 N–H and O–H groups in total. The molecule has 0 spiro atoms. The number of fused-ring (bicyclic) bond motifs is 2. The van der Waals surface area contributed by atoms with Crippen molar-refractivity contribution in [3.05, 3.63) is 121 Å². The van der Waals surface area contributed by atoms with E-state index in [1.54, 1.807) is 77.6 Å². The van der Waals surface area contributed by atoms with E-state index in [1.807, 2.05) is 10.6 Å². The van der Waals surface area contributed by atoms with E-state index in [0.29, 0.717) is 66.6 Å². The summed E-state index contributed by atoms with van der Waals surface area (Å²) in [4.78, 5) is 18.1. The first-order chi connectivity index (χ1) is 26.7. The maximum absolute atomic E-state index is 13.0. The largest absolute Gasteiger partial charge is 0.573 e. The monoisotopic (exact) mass is 836 g/mol. The maximum Gasteiger partial charge on any atom is 0.573 e. The van der Waals surface area contributed by atoms with Gasteiger partial charge in [0.05, 0.1) is 52.4 Å². The summed E-state index contributed by atoms with van der Waals surface area (Å²) in [5.74, 6) is -0.584. The number of rotatable bonds is 9. The lowest BCUT2D eigenvalue weighted by Gasteiger charge is -2.20. The van der Waals surface area contributed by atoms with Crippen molar-refractivity contribution in [2.24, 2.45) is 14.1 Å². The van der Waals surface area contributed by atoms with Gasteiger partial charge in [0.15, 0.2) is 0 Å². The van der Waals surface area contributed by atoms with Crippen LogP contribution in [-0.4, -0.2) is 56.0 Å². The topological polar surface area (TPSA) is 110 Å². The minimum Gasteiger partial charge on any atom is -0.406 e. The van der Waals surface area contributed by atoms with Crippen LogP contribution in [-0.2, 0) is 19.4 Å². The molecule has 0 aliphatic carbocycles. The summed E-state index contributed by atoms with van der Waals surface area (Å²) in [5.41, 5.74) is 6.63. The van der Waals surface area contributed by atoms with Gasteiger partial charge < -0.3 is 32.8 Å². The predicted octanol–water partition coefficient (Wildman–Crippen LogP) is 8.94. The molecule has 56 heavy (non-hydrogen) atoms. The Kier molecular flexibility index (Phi) is 9.11. The molecule has 8 rings (SSSR count). The predicted molar refractivity (Wildman–Crippen MR) is 197 cm³/mol. The summed E-state index contributed by atoms with van der Waals surface area (Å²) >= 11 is 3.60. The van der Waals surface area contributed by atoms with E-state index in [-0.39, 0.29) is 11.6 Å². The van der Waals surface area contributed by atoms with Gasteiger partial charge in [-0.3, -0.25) is 0 Å². The number of benzene rings is 4. The Morgan fingerprint density at radius 3 is 1.75 bits per heavy atom. The summed E-state index contributed by atoms with van der Waals surface area (Å²) in [6.45, 7) is 0. The molecule has 4 aromatic carbocycles. The average Bonchev–Trinajstić information content (AvgIpc) is 3.99. The van der Waals surface area contributed by atoms with Crippen LogP contribution in [0.2, 0.25) is 0 Å². The number of aliphatic hydroxyl groups excluding tert-OH is 1. The third-order valence-electron chi connectivity index (χ3n) is 9.23. The van der Waals surface area contributed by atoms with Crippen LogP contribution in [0.3, 0.4) is 0 Å². The molecule has 0 radical (unpaired) electrons. The Bertz CT molecular complexity index is 2690. The second-order valence-corrected chi connectivity index (χ2v) is 13.3. The highest BCUT2D eigenvalue weighted by molar-refractivity contribution is 9.08. The SMILES string of the molecule is Cn1cnc2c(-c3ccc(OC(F)(F)F)cc3)cc(C(O)c3nc4c(-c5ccc(OC(F)(F)F)cc5)cc(CBr)c(-n5ccnc5)c4n3C)c(-n3ccnc3)c21. The number of aryl methyl sites for hydroxylation is 2. The molecule has 1 atom stereocenters. The molecular formula is C38H27BrF6N8O3. The van der Waals surface area contributed by atoms with Gasteiger partial charge in [0.1, 0.15) is 23.4 Å². The van der Waals surface area contributed by atoms with Crippen LogP contribution in [0.25, 0.3) is 55.7 Å². The van der Waals surface area contributed by atoms with E-state index in [0.717, 1.165) is 5.56 Å². The van der Waals surface area contributed by atoms with Crippen LogP contribution in [0.5, 0.6) is 11.5 Å². The van der Waals surface area contributed by atoms with Gasteiger partial charge >= 0.3 is 12.7 Å². The highest BCUT2D eigenvalue weighted by Crippen LogP contribution is 2.42. The van der Waals surface area contributed by atoms with E-state index in [4.69, 9.17) is 4.98 Å². The number of alkyl halides is 7. The van der Waals surface area contributed by atoms with Crippen LogP contribution < -0.4 is 9.47 Å². The first-order valence-corrected chi connectivity index (χ1v) is 17.8. The molecule has 0 fully saturated rings. The molecule has 11 nitrogen and oxygen atoms in total. The lowest BCUT2D eigenvalue weighted by Crippen LogP contribution is -2.16. The van der Waals surface area contributed by atoms with E-state index in [9.17, 15) is 31.4 Å². The van der Waals surface area contributed by atoms with E-state index < -0.39 is 24.6 Å². The summed E-state index contributed by atoms with van der Waals surface area (Å²) < 4.78 is 93.2. The van der Waals surface area contributed by atoms with Gasteiger partial charge in [-0.25, -0.2) is 19.9 Å². The minimum atomic E-state index is -4.87. The van der Waals surface area contributed by atoms with Crippen LogP contribution in [0.1, 0.15) is 23.1 Å². The van der Waals surface area contributed by atoms with Crippen LogP contribution in [0.15, 0.2) is 104 Å². The fourth-order valence-electron chi connectivity index (χ4n) is 6.92. The number of nitrogens with zero attached hydrogens (tertiary/aromatic N) is 8. The zero-order valence-corrected chi connectivity index (χ0v) is 30.7. The first kappa shape index (κ1) is 36.8. The number of hydrogen-bond donors (Lipinski definition) is 1. The standard InChI is InChI=1S/C38H27BrF6N8O3/c1-50-20-48-29-27(22-5-9-25(10-6-22)56-38(43,44)45)16-28(32(33(29)50)53-14-12-47-19-53)35(54)36-49-30-26(21-3-7-24(8-4-21)55-37(40,41)42)15-23(17-39)31(34(30)51(36)2)52-13-11-46-18-52/h3-16,18-20,35,54H,17H2,1-2H3. The zero-order valence-electron chi connectivity index (χ0n) is 29.1. The quantitative estimate of drug-likeness (QED) is 0.114. The van der Waals surface area contributed by atoms with Crippen molar-refractivity contribution in [3.63, 3.8) is 0 Å². The second-order valence-electron chi connectivity index (χ2n) is 12.7. The molecule has 18 heteroatoms. The molecular weight excluding hydrogens is 810 g/mol. The van der Waals surface area contributed by atoms with Crippen molar-refractivity contribution < 1.29 is 40.9 Å². The van der Waals surface area contributed by atoms with Gasteiger partial charge in [0.25, 0.3) is 0 Å². The Hall–Kier alpha value is -6.14. The van der Waals surface area contributed by atoms with Crippen molar-refractivity contribution in [1.82, 2.24) is 38.2 Å². The van der Waals surface area contributed by atoms with Gasteiger partial charge in [0.2, 0.25) is 0 Å². The fraction of sp³-hybridized carbons (Fsp3) is 0.158. The van der Waals surface area contributed by atoms with Crippen molar-refractivity contribution in [3.8, 4) is 45.1 Å². The number of ether oxygens (including phenoxy) is 2. The molecule has 286 valence electrons. The van der Waals surface area contributed by atoms with Gasteiger partial charge in [-0.1, -0.05) is 40.2 Å². The average molecular weight is 838 g/mol. The molecule has 4 heterocycles. The Morgan fingerprint density at radius 1 is 0.714 bits per heavy atom. The van der Waals surface area contributed by atoms with E-state index in [2.05, 4.69) is 40.4 Å². The Labute approximate surface area is 321 Å². The van der Waals surface area contributed by atoms with E-state index in [1.165, 1.54) is 48.5 Å². The van der Waals surface area contributed by atoms with Gasteiger partial charge in [0, 0.05) is 60.9 Å². The summed E-state index contributed by atoms with van der Waals surface area (Å²) in [6.07, 6.45) is 0.281. The zero-order chi connectivity index (χ0) is 39.5. The number of imidazole rings is 4. The lowest BCUT2D eigenvalue weighted by atomic mass is 9.96. The van der Waals surface area contributed by atoms with Crippen molar-refractivity contribution in [2.75, 3.05) is 0 Å². The third-order valence-corrected chi connectivity index (χ3v) is 9.83. The first-order valence-electron chi connectivity index (χ1n) is 16.6. The molecule has 8 aromatic rings. The van der Waals surface area contributed by atoms with Crippen LogP contribution >= 0.6 is 15.9 Å². The molecule has 0 aliphatic heterocycles. The normalized spacial score (nSPS) is 12.8. The van der Waals surface area contributed by atoms with E-state index >= 15 is 0 Å². The number of aliphatic hydroxyl groups is 1. The molecule has 1 unspecified atom stereocenters. The van der Waals surface area contributed by atoms with Crippen LogP contribution in [0.4, 0.5) is 26.3 Å². The molecule has 0 bridgehead atoms. The Balaban J connectivity index is 1.36. The molecule has 4 aromatic heterocycles. The molecule has 0 aliphatic rings. The van der Waals surface area contributed by atoms with Crippen molar-refractivity contribution in [1.29, 1.82) is 0 Å². The number of hydrogen-bond acceptors (Lipinski definition) is 7. The summed E-state index contributed by atoms with van der Waals surface area (Å²) in [6, 6.07) is 14.4. The molecule has 0 amide bonds. The van der Waals surface area contributed by atoms with Crippen molar-refractivity contribution in [2.45, 2.75) is 24.2 Å². The van der Waals surface area contributed by atoms with Crippen LogP contribution in [0, 0.1) is 0 Å². The fourth-order valence-corrected chi connectivity index (χ4v) is 7.35. The number of halogens is 7. The summed E-state index contributed by atoms with van der Waals surface area (Å²) in [7, 11) is 3.53. The second kappa shape index (κ2) is 13.9.